The van der Waals surface area contributed by atoms with E-state index >= 15 is 0 Å². The zero-order chi connectivity index (χ0) is 14.7. The Hall–Kier alpha value is -1.91. The van der Waals surface area contributed by atoms with Crippen LogP contribution < -0.4 is 0 Å². The van der Waals surface area contributed by atoms with Crippen molar-refractivity contribution in [1.82, 2.24) is 4.90 Å². The van der Waals surface area contributed by atoms with Crippen LogP contribution in [-0.2, 0) is 9.53 Å². The van der Waals surface area contributed by atoms with E-state index in [0.29, 0.717) is 15.8 Å². The first-order valence-corrected chi connectivity index (χ1v) is 7.66. The summed E-state index contributed by atoms with van der Waals surface area (Å²) in [4.78, 5) is 29.5. The van der Waals surface area contributed by atoms with Crippen LogP contribution in [0.25, 0.3) is 0 Å². The van der Waals surface area contributed by atoms with E-state index < -0.39 is 5.97 Å². The molecule has 1 aliphatic rings. The standard InChI is InChI=1S/C14H14N2O3Se/c1-9(11-12(17)15-14(20-11)16(2)3)19-13(18)10-7-5-4-6-8-10/h4-8H,1-3H3/b11-9+. The second kappa shape index (κ2) is 6.03. The molecule has 2 rings (SSSR count). The summed E-state index contributed by atoms with van der Waals surface area (Å²) in [7, 11) is 3.67. The van der Waals surface area contributed by atoms with Crippen molar-refractivity contribution in [3.05, 3.63) is 46.1 Å². The molecule has 6 heteroatoms. The van der Waals surface area contributed by atoms with E-state index in [2.05, 4.69) is 4.99 Å². The number of amidine groups is 1. The summed E-state index contributed by atoms with van der Waals surface area (Å²) in [6, 6.07) is 8.68. The fourth-order valence-electron chi connectivity index (χ4n) is 1.53. The normalized spacial score (nSPS) is 16.8. The van der Waals surface area contributed by atoms with Crippen molar-refractivity contribution in [2.75, 3.05) is 14.1 Å². The van der Waals surface area contributed by atoms with Crippen LogP contribution in [0.3, 0.4) is 0 Å². The summed E-state index contributed by atoms with van der Waals surface area (Å²) in [6.07, 6.45) is 0. The number of carbonyl (C=O) groups excluding carboxylic acids is 2. The monoisotopic (exact) mass is 338 g/mol. The van der Waals surface area contributed by atoms with Gasteiger partial charge in [-0.3, -0.25) is 0 Å². The van der Waals surface area contributed by atoms with Crippen molar-refractivity contribution < 1.29 is 14.3 Å². The molecule has 5 nitrogen and oxygen atoms in total. The molecule has 0 unspecified atom stereocenters. The number of esters is 1. The number of nitrogens with zero attached hydrogens (tertiary/aromatic N) is 2. The SMILES string of the molecule is C/C(OC(=O)c1ccccc1)=C1\[Se]C(N(C)C)=NC1=O. The van der Waals surface area contributed by atoms with Crippen LogP contribution in [0.4, 0.5) is 0 Å². The molecule has 1 aromatic rings. The van der Waals surface area contributed by atoms with Crippen molar-refractivity contribution >= 4 is 31.6 Å². The number of rotatable bonds is 2. The number of aliphatic imine (C=N–C) groups is 1. The molecule has 0 atom stereocenters. The molecule has 1 aliphatic heterocycles. The molecule has 0 fully saturated rings. The number of allylic oxidation sites excluding steroid dienone is 1. The Balaban J connectivity index is 2.13. The summed E-state index contributed by atoms with van der Waals surface area (Å²) in [5.74, 6) is -0.436. The molecule has 0 aliphatic carbocycles. The summed E-state index contributed by atoms with van der Waals surface area (Å²) >= 11 is -0.221. The van der Waals surface area contributed by atoms with Gasteiger partial charge in [0.1, 0.15) is 0 Å². The molecular formula is C14H14N2O3Se. The van der Waals surface area contributed by atoms with E-state index in [1.807, 2.05) is 20.2 Å². The second-order valence-electron chi connectivity index (χ2n) is 4.34. The van der Waals surface area contributed by atoms with Gasteiger partial charge in [-0.15, -0.1) is 0 Å². The molecule has 0 saturated heterocycles. The molecule has 0 spiro atoms. The molecule has 0 radical (unpaired) electrons. The third-order valence-electron chi connectivity index (χ3n) is 2.54. The minimum absolute atomic E-state index is 0.221. The Kier molecular flexibility index (Phi) is 4.37. The van der Waals surface area contributed by atoms with Gasteiger partial charge in [-0.05, 0) is 0 Å². The predicted molar refractivity (Wildman–Crippen MR) is 76.4 cm³/mol. The van der Waals surface area contributed by atoms with Crippen LogP contribution in [0.2, 0.25) is 0 Å². The van der Waals surface area contributed by atoms with E-state index in [-0.39, 0.29) is 20.9 Å². The second-order valence-corrected chi connectivity index (χ2v) is 6.39. The van der Waals surface area contributed by atoms with Crippen LogP contribution in [0.15, 0.2) is 45.6 Å². The average molecular weight is 337 g/mol. The third-order valence-corrected chi connectivity index (χ3v) is 5.28. The third kappa shape index (κ3) is 3.15. The van der Waals surface area contributed by atoms with Crippen LogP contribution in [0.5, 0.6) is 0 Å². The van der Waals surface area contributed by atoms with Gasteiger partial charge in [-0.1, -0.05) is 0 Å². The number of carbonyl (C=O) groups is 2. The maximum atomic E-state index is 11.9. The van der Waals surface area contributed by atoms with Crippen LogP contribution in [0, 0.1) is 0 Å². The van der Waals surface area contributed by atoms with Gasteiger partial charge in [-0.2, -0.15) is 0 Å². The van der Waals surface area contributed by atoms with E-state index in [1.165, 1.54) is 0 Å². The van der Waals surface area contributed by atoms with Crippen molar-refractivity contribution in [1.29, 1.82) is 0 Å². The van der Waals surface area contributed by atoms with Gasteiger partial charge in [0.05, 0.1) is 0 Å². The quantitative estimate of drug-likeness (QED) is 0.353. The molecule has 0 bridgehead atoms. The van der Waals surface area contributed by atoms with Gasteiger partial charge in [-0.25, -0.2) is 0 Å². The molecule has 0 saturated carbocycles. The molecule has 1 amide bonds. The van der Waals surface area contributed by atoms with Crippen LogP contribution in [-0.4, -0.2) is 50.6 Å². The Morgan fingerprint density at radius 1 is 1.25 bits per heavy atom. The first kappa shape index (κ1) is 14.5. The van der Waals surface area contributed by atoms with Gasteiger partial charge in [0.2, 0.25) is 0 Å². The summed E-state index contributed by atoms with van der Waals surface area (Å²) in [5, 5.41) is 0. The topological polar surface area (TPSA) is 59.0 Å². The number of hydrogen-bond donors (Lipinski definition) is 0. The number of hydrogen-bond acceptors (Lipinski definition) is 4. The molecule has 0 aromatic heterocycles. The van der Waals surface area contributed by atoms with Gasteiger partial charge in [0.25, 0.3) is 0 Å². The fraction of sp³-hybridized carbons (Fsp3) is 0.214. The van der Waals surface area contributed by atoms with Crippen LogP contribution >= 0.6 is 0 Å². The zero-order valence-electron chi connectivity index (χ0n) is 11.4. The van der Waals surface area contributed by atoms with Crippen molar-refractivity contribution in [3.63, 3.8) is 0 Å². The zero-order valence-corrected chi connectivity index (χ0v) is 13.1. The molecule has 1 aromatic carbocycles. The number of ether oxygens (including phenoxy) is 1. The minimum atomic E-state index is -0.461. The first-order valence-electron chi connectivity index (χ1n) is 5.95. The Bertz CT molecular complexity index is 606. The Labute approximate surface area is 123 Å². The summed E-state index contributed by atoms with van der Waals surface area (Å²) in [5.41, 5.74) is 0.458. The predicted octanol–water partition coefficient (Wildman–Crippen LogP) is 1.24. The molecular weight excluding hydrogens is 323 g/mol. The van der Waals surface area contributed by atoms with Gasteiger partial charge in [0.15, 0.2) is 0 Å². The average Bonchev–Trinajstić information content (AvgIpc) is 2.82. The van der Waals surface area contributed by atoms with Crippen molar-refractivity contribution in [3.8, 4) is 0 Å². The summed E-state index contributed by atoms with van der Waals surface area (Å²) in [6.45, 7) is 1.63. The maximum absolute atomic E-state index is 11.9. The fourth-order valence-corrected chi connectivity index (χ4v) is 3.23. The van der Waals surface area contributed by atoms with Gasteiger partial charge >= 0.3 is 123 Å². The number of benzene rings is 1. The molecule has 20 heavy (non-hydrogen) atoms. The van der Waals surface area contributed by atoms with E-state index in [1.54, 1.807) is 36.1 Å². The molecule has 1 heterocycles. The summed E-state index contributed by atoms with van der Waals surface area (Å²) < 4.78 is 6.48. The number of amides is 1. The van der Waals surface area contributed by atoms with E-state index in [0.717, 1.165) is 4.73 Å². The molecule has 0 N–H and O–H groups in total. The van der Waals surface area contributed by atoms with E-state index in [9.17, 15) is 9.59 Å². The van der Waals surface area contributed by atoms with Crippen molar-refractivity contribution in [2.45, 2.75) is 6.92 Å². The molecule has 104 valence electrons. The Morgan fingerprint density at radius 3 is 2.45 bits per heavy atom. The van der Waals surface area contributed by atoms with Crippen LogP contribution in [0.1, 0.15) is 17.3 Å². The van der Waals surface area contributed by atoms with Crippen molar-refractivity contribution in [2.24, 2.45) is 4.99 Å². The van der Waals surface area contributed by atoms with Gasteiger partial charge in [0, 0.05) is 0 Å². The first-order chi connectivity index (χ1) is 9.49. The Morgan fingerprint density at radius 2 is 1.90 bits per heavy atom. The van der Waals surface area contributed by atoms with Gasteiger partial charge < -0.3 is 0 Å². The van der Waals surface area contributed by atoms with E-state index in [4.69, 9.17) is 4.74 Å².